The summed E-state index contributed by atoms with van der Waals surface area (Å²) >= 11 is 0. The Balaban J connectivity index is 1.46. The van der Waals surface area contributed by atoms with E-state index in [1.807, 2.05) is 4.90 Å². The largest absolute Gasteiger partial charge is 0.508 e. The van der Waals surface area contributed by atoms with E-state index in [4.69, 9.17) is 0 Å². The Kier molecular flexibility index (Phi) is 4.18. The van der Waals surface area contributed by atoms with Crippen LogP contribution in [0, 0.1) is 11.3 Å². The second-order valence-corrected chi connectivity index (χ2v) is 8.09. The molecule has 4 rings (SSSR count). The predicted octanol–water partition coefficient (Wildman–Crippen LogP) is 2.65. The van der Waals surface area contributed by atoms with Crippen molar-refractivity contribution in [1.29, 1.82) is 0 Å². The molecule has 1 N–H and O–H groups in total. The second-order valence-electron chi connectivity index (χ2n) is 8.09. The van der Waals surface area contributed by atoms with Crippen molar-refractivity contribution in [3.8, 4) is 5.75 Å². The van der Waals surface area contributed by atoms with Gasteiger partial charge >= 0.3 is 0 Å². The van der Waals surface area contributed by atoms with Gasteiger partial charge in [-0.15, -0.1) is 0 Å². The van der Waals surface area contributed by atoms with Crippen molar-refractivity contribution < 1.29 is 14.7 Å². The molecular formula is C20H26N2O3. The molecule has 2 amide bonds. The minimum absolute atomic E-state index is 0.0321. The van der Waals surface area contributed by atoms with Crippen LogP contribution in [0.3, 0.4) is 0 Å². The van der Waals surface area contributed by atoms with Gasteiger partial charge in [-0.1, -0.05) is 0 Å². The van der Waals surface area contributed by atoms with Crippen molar-refractivity contribution >= 4 is 11.8 Å². The van der Waals surface area contributed by atoms with Gasteiger partial charge in [-0.3, -0.25) is 9.59 Å². The number of likely N-dealkylation sites (tertiary alicyclic amines) is 2. The summed E-state index contributed by atoms with van der Waals surface area (Å²) in [6.45, 7) is 3.23. The van der Waals surface area contributed by atoms with Crippen molar-refractivity contribution in [2.24, 2.45) is 11.3 Å². The molecule has 5 heteroatoms. The number of phenols is 1. The van der Waals surface area contributed by atoms with Gasteiger partial charge in [-0.2, -0.15) is 0 Å². The lowest BCUT2D eigenvalue weighted by Crippen LogP contribution is -2.55. The zero-order chi connectivity index (χ0) is 17.4. The normalized spacial score (nSPS) is 27.0. The van der Waals surface area contributed by atoms with Gasteiger partial charge in [0, 0.05) is 43.6 Å². The van der Waals surface area contributed by atoms with Crippen LogP contribution in [0.25, 0.3) is 0 Å². The summed E-state index contributed by atoms with van der Waals surface area (Å²) < 4.78 is 0. The molecule has 1 spiro atoms. The number of hydrogen-bond donors (Lipinski definition) is 1. The smallest absolute Gasteiger partial charge is 0.253 e. The van der Waals surface area contributed by atoms with E-state index in [1.165, 1.54) is 12.8 Å². The molecule has 1 aromatic carbocycles. The molecule has 1 aromatic rings. The fraction of sp³-hybridized carbons (Fsp3) is 0.600. The fourth-order valence-electron chi connectivity index (χ4n) is 4.38. The Morgan fingerprint density at radius 2 is 1.92 bits per heavy atom. The molecule has 1 saturated carbocycles. The van der Waals surface area contributed by atoms with Gasteiger partial charge in [0.2, 0.25) is 5.91 Å². The summed E-state index contributed by atoms with van der Waals surface area (Å²) in [6.07, 6.45) is 6.11. The number of nitrogens with zero attached hydrogens (tertiary/aromatic N) is 2. The number of carbonyl (C=O) groups excluding carboxylic acids is 2. The summed E-state index contributed by atoms with van der Waals surface area (Å²) in [5, 5.41) is 9.42. The first-order valence-corrected chi connectivity index (χ1v) is 9.41. The van der Waals surface area contributed by atoms with E-state index in [0.29, 0.717) is 23.8 Å². The van der Waals surface area contributed by atoms with Crippen LogP contribution >= 0.6 is 0 Å². The highest BCUT2D eigenvalue weighted by Crippen LogP contribution is 2.41. The molecule has 134 valence electrons. The van der Waals surface area contributed by atoms with Crippen LogP contribution < -0.4 is 0 Å². The van der Waals surface area contributed by atoms with Gasteiger partial charge in [0.25, 0.3) is 5.91 Å². The van der Waals surface area contributed by atoms with E-state index in [-0.39, 0.29) is 17.1 Å². The van der Waals surface area contributed by atoms with E-state index >= 15 is 0 Å². The van der Waals surface area contributed by atoms with E-state index in [9.17, 15) is 14.7 Å². The van der Waals surface area contributed by atoms with Crippen molar-refractivity contribution in [1.82, 2.24) is 9.80 Å². The Labute approximate surface area is 148 Å². The summed E-state index contributed by atoms with van der Waals surface area (Å²) in [4.78, 5) is 29.1. The highest BCUT2D eigenvalue weighted by atomic mass is 16.3. The van der Waals surface area contributed by atoms with Gasteiger partial charge in [0.05, 0.1) is 0 Å². The molecule has 1 atom stereocenters. The van der Waals surface area contributed by atoms with E-state index < -0.39 is 0 Å². The molecule has 2 aliphatic heterocycles. The first kappa shape index (κ1) is 16.4. The third-order valence-electron chi connectivity index (χ3n) is 5.99. The van der Waals surface area contributed by atoms with Gasteiger partial charge < -0.3 is 14.9 Å². The minimum Gasteiger partial charge on any atom is -0.508 e. The third-order valence-corrected chi connectivity index (χ3v) is 5.99. The number of phenolic OH excluding ortho intramolecular Hbond substituents is 1. The average Bonchev–Trinajstić information content (AvgIpc) is 3.43. The van der Waals surface area contributed by atoms with Crippen LogP contribution in [-0.4, -0.2) is 52.9 Å². The van der Waals surface area contributed by atoms with Crippen molar-refractivity contribution in [3.05, 3.63) is 29.8 Å². The maximum atomic E-state index is 12.8. The molecule has 1 aliphatic carbocycles. The summed E-state index contributed by atoms with van der Waals surface area (Å²) in [5.74, 6) is 1.20. The second kappa shape index (κ2) is 6.36. The molecule has 2 saturated heterocycles. The van der Waals surface area contributed by atoms with Crippen molar-refractivity contribution in [3.63, 3.8) is 0 Å². The van der Waals surface area contributed by atoms with Gasteiger partial charge in [-0.25, -0.2) is 0 Å². The number of rotatable bonds is 3. The molecule has 2 heterocycles. The summed E-state index contributed by atoms with van der Waals surface area (Å²) in [7, 11) is 0. The minimum atomic E-state index is 0.0321. The zero-order valence-electron chi connectivity index (χ0n) is 14.6. The first-order chi connectivity index (χ1) is 12.0. The lowest BCUT2D eigenvalue weighted by atomic mass is 9.73. The van der Waals surface area contributed by atoms with E-state index in [2.05, 4.69) is 4.90 Å². The molecular weight excluding hydrogens is 316 g/mol. The lowest BCUT2D eigenvalue weighted by Gasteiger charge is -2.48. The monoisotopic (exact) mass is 342 g/mol. The Morgan fingerprint density at radius 1 is 1.16 bits per heavy atom. The molecule has 25 heavy (non-hydrogen) atoms. The van der Waals surface area contributed by atoms with Gasteiger partial charge in [0.1, 0.15) is 5.75 Å². The lowest BCUT2D eigenvalue weighted by molar-refractivity contribution is -0.139. The molecule has 0 aromatic heterocycles. The third kappa shape index (κ3) is 3.51. The van der Waals surface area contributed by atoms with Crippen LogP contribution in [0.4, 0.5) is 0 Å². The number of piperidine rings is 2. The van der Waals surface area contributed by atoms with E-state index in [0.717, 1.165) is 45.4 Å². The Morgan fingerprint density at radius 3 is 2.64 bits per heavy atom. The number of hydrogen-bond acceptors (Lipinski definition) is 3. The maximum absolute atomic E-state index is 12.8. The fourth-order valence-corrected chi connectivity index (χ4v) is 4.38. The van der Waals surface area contributed by atoms with Crippen molar-refractivity contribution in [2.45, 2.75) is 38.5 Å². The standard InChI is InChI=1S/C20H26N2O3/c23-17-6-4-16(5-7-17)19(25)21-11-1-9-20(13-21)10-8-18(24)22(14-20)12-15-2-3-15/h4-7,15,23H,1-3,8-14H2/t20-/m0/s1. The Bertz CT molecular complexity index is 668. The summed E-state index contributed by atoms with van der Waals surface area (Å²) in [6, 6.07) is 6.48. The molecule has 0 bridgehead atoms. The quantitative estimate of drug-likeness (QED) is 0.919. The molecule has 5 nitrogen and oxygen atoms in total. The molecule has 3 aliphatic rings. The van der Waals surface area contributed by atoms with Crippen LogP contribution in [0.2, 0.25) is 0 Å². The molecule has 3 fully saturated rings. The molecule has 0 unspecified atom stereocenters. The van der Waals surface area contributed by atoms with Crippen LogP contribution in [0.15, 0.2) is 24.3 Å². The van der Waals surface area contributed by atoms with Gasteiger partial charge in [-0.05, 0) is 62.3 Å². The van der Waals surface area contributed by atoms with Gasteiger partial charge in [0.15, 0.2) is 0 Å². The molecule has 0 radical (unpaired) electrons. The van der Waals surface area contributed by atoms with Crippen molar-refractivity contribution in [2.75, 3.05) is 26.2 Å². The number of amides is 2. The number of benzene rings is 1. The van der Waals surface area contributed by atoms with Crippen LogP contribution in [-0.2, 0) is 4.79 Å². The highest BCUT2D eigenvalue weighted by Gasteiger charge is 2.43. The average molecular weight is 342 g/mol. The Hall–Kier alpha value is -2.04. The number of aromatic hydroxyl groups is 1. The number of carbonyl (C=O) groups is 2. The predicted molar refractivity (Wildman–Crippen MR) is 94.2 cm³/mol. The van der Waals surface area contributed by atoms with Crippen LogP contribution in [0.1, 0.15) is 48.9 Å². The zero-order valence-corrected chi connectivity index (χ0v) is 14.6. The van der Waals surface area contributed by atoms with Crippen LogP contribution in [0.5, 0.6) is 5.75 Å². The highest BCUT2D eigenvalue weighted by molar-refractivity contribution is 5.94. The van der Waals surface area contributed by atoms with E-state index in [1.54, 1.807) is 24.3 Å². The topological polar surface area (TPSA) is 60.9 Å². The first-order valence-electron chi connectivity index (χ1n) is 9.41. The maximum Gasteiger partial charge on any atom is 0.253 e. The SMILES string of the molecule is O=C1CC[C@]2(CCCN(C(=O)c3ccc(O)cc3)C2)CN1CC1CC1. The summed E-state index contributed by atoms with van der Waals surface area (Å²) in [5.41, 5.74) is 0.685.